The lowest BCUT2D eigenvalue weighted by atomic mass is 10.0. The fraction of sp³-hybridized carbons (Fsp3) is 0.444. The van der Waals surface area contributed by atoms with Crippen LogP contribution in [-0.2, 0) is 0 Å². The first-order chi connectivity index (χ1) is 6.52. The van der Waals surface area contributed by atoms with Gasteiger partial charge in [0.05, 0.1) is 5.54 Å². The molecule has 14 heavy (non-hydrogen) atoms. The third kappa shape index (κ3) is 1.30. The van der Waals surface area contributed by atoms with Gasteiger partial charge in [-0.3, -0.25) is 4.79 Å². The molecule has 0 spiro atoms. The summed E-state index contributed by atoms with van der Waals surface area (Å²) in [5.41, 5.74) is 0.831. The van der Waals surface area contributed by atoms with E-state index in [4.69, 9.17) is 0 Å². The van der Waals surface area contributed by atoms with E-state index in [0.29, 0.717) is 12.2 Å². The van der Waals surface area contributed by atoms with Gasteiger partial charge in [-0.2, -0.15) is 4.98 Å². The zero-order chi connectivity index (χ0) is 10.3. The third-order valence-corrected chi connectivity index (χ3v) is 2.07. The zero-order valence-corrected chi connectivity index (χ0v) is 8.40. The Morgan fingerprint density at radius 1 is 1.57 bits per heavy atom. The number of nitrogens with zero attached hydrogens (tertiary/aromatic N) is 3. The Labute approximate surface area is 81.8 Å². The summed E-state index contributed by atoms with van der Waals surface area (Å²) in [5, 5.41) is 7.20. The van der Waals surface area contributed by atoms with Gasteiger partial charge in [0, 0.05) is 5.70 Å². The zero-order valence-electron chi connectivity index (χ0n) is 8.40. The van der Waals surface area contributed by atoms with Gasteiger partial charge in [0.25, 0.3) is 0 Å². The van der Waals surface area contributed by atoms with Crippen LogP contribution in [0.2, 0.25) is 0 Å². The van der Waals surface area contributed by atoms with Gasteiger partial charge in [-0.15, -0.1) is 5.10 Å². The molecule has 2 rings (SSSR count). The standard InChI is InChI=1S/C9H12N4O/c1-6-4-9(2,3)11-8-10-7(5-14)12-13(6)8/h4-5H,1-3H3,(H,10,11,12). The maximum absolute atomic E-state index is 10.5. The molecule has 2 heterocycles. The van der Waals surface area contributed by atoms with Crippen molar-refractivity contribution in [3.8, 4) is 0 Å². The van der Waals surface area contributed by atoms with Gasteiger partial charge in [-0.05, 0) is 26.8 Å². The summed E-state index contributed by atoms with van der Waals surface area (Å²) in [5.74, 6) is 0.829. The highest BCUT2D eigenvalue weighted by Gasteiger charge is 2.24. The van der Waals surface area contributed by atoms with Crippen molar-refractivity contribution in [3.63, 3.8) is 0 Å². The molecule has 1 aromatic heterocycles. The predicted octanol–water partition coefficient (Wildman–Crippen LogP) is 1.16. The van der Waals surface area contributed by atoms with E-state index < -0.39 is 0 Å². The number of hydrogen-bond acceptors (Lipinski definition) is 4. The maximum atomic E-state index is 10.5. The number of nitrogens with one attached hydrogen (secondary N) is 1. The SMILES string of the molecule is CC1=CC(C)(C)Nc2nc(C=O)nn21. The van der Waals surface area contributed by atoms with Gasteiger partial charge >= 0.3 is 0 Å². The second-order valence-electron chi connectivity index (χ2n) is 3.96. The van der Waals surface area contributed by atoms with Gasteiger partial charge in [0.15, 0.2) is 6.29 Å². The number of carbonyl (C=O) groups excluding carboxylic acids is 1. The van der Waals surface area contributed by atoms with E-state index in [1.54, 1.807) is 4.68 Å². The van der Waals surface area contributed by atoms with Crippen LogP contribution < -0.4 is 5.32 Å². The summed E-state index contributed by atoms with van der Waals surface area (Å²) >= 11 is 0. The average molecular weight is 192 g/mol. The monoisotopic (exact) mass is 192 g/mol. The lowest BCUT2D eigenvalue weighted by Crippen LogP contribution is -2.33. The Hall–Kier alpha value is -1.65. The molecule has 0 amide bonds. The number of fused-ring (bicyclic) bond motifs is 1. The van der Waals surface area contributed by atoms with Crippen LogP contribution in [0.4, 0.5) is 5.95 Å². The molecule has 0 saturated heterocycles. The fourth-order valence-electron chi connectivity index (χ4n) is 1.61. The Balaban J connectivity index is 2.52. The third-order valence-electron chi connectivity index (χ3n) is 2.07. The van der Waals surface area contributed by atoms with Crippen molar-refractivity contribution in [1.82, 2.24) is 14.8 Å². The van der Waals surface area contributed by atoms with E-state index in [9.17, 15) is 4.79 Å². The Morgan fingerprint density at radius 2 is 2.29 bits per heavy atom. The Kier molecular flexibility index (Phi) is 1.70. The Morgan fingerprint density at radius 3 is 2.93 bits per heavy atom. The minimum absolute atomic E-state index is 0.146. The first-order valence-electron chi connectivity index (χ1n) is 4.42. The summed E-state index contributed by atoms with van der Waals surface area (Å²) < 4.78 is 1.63. The average Bonchev–Trinajstić information content (AvgIpc) is 2.45. The van der Waals surface area contributed by atoms with Crippen molar-refractivity contribution in [1.29, 1.82) is 0 Å². The first kappa shape index (κ1) is 8.93. The van der Waals surface area contributed by atoms with E-state index in [2.05, 4.69) is 15.4 Å². The molecular weight excluding hydrogens is 180 g/mol. The number of rotatable bonds is 1. The Bertz CT molecular complexity index is 416. The molecule has 0 aliphatic carbocycles. The minimum atomic E-state index is -0.146. The molecule has 1 aliphatic heterocycles. The number of aromatic nitrogens is 3. The molecule has 0 radical (unpaired) electrons. The largest absolute Gasteiger partial charge is 0.346 e. The maximum Gasteiger partial charge on any atom is 0.227 e. The van der Waals surface area contributed by atoms with Gasteiger partial charge < -0.3 is 5.32 Å². The van der Waals surface area contributed by atoms with E-state index in [1.165, 1.54) is 0 Å². The number of allylic oxidation sites excluding steroid dienone is 1. The van der Waals surface area contributed by atoms with Gasteiger partial charge in [0.1, 0.15) is 0 Å². The van der Waals surface area contributed by atoms with Crippen LogP contribution in [0.3, 0.4) is 0 Å². The van der Waals surface area contributed by atoms with Gasteiger partial charge in [0.2, 0.25) is 11.8 Å². The number of carbonyl (C=O) groups is 1. The van der Waals surface area contributed by atoms with Crippen LogP contribution in [-0.4, -0.2) is 26.6 Å². The molecule has 5 heteroatoms. The quantitative estimate of drug-likeness (QED) is 0.678. The van der Waals surface area contributed by atoms with Crippen molar-refractivity contribution >= 4 is 17.9 Å². The molecule has 1 N–H and O–H groups in total. The van der Waals surface area contributed by atoms with Crippen LogP contribution in [0.15, 0.2) is 6.08 Å². The predicted molar refractivity (Wildman–Crippen MR) is 53.1 cm³/mol. The molecule has 0 atom stereocenters. The molecule has 5 nitrogen and oxygen atoms in total. The molecule has 0 bridgehead atoms. The fourth-order valence-corrected chi connectivity index (χ4v) is 1.61. The highest BCUT2D eigenvalue weighted by Crippen LogP contribution is 2.24. The second kappa shape index (κ2) is 2.67. The first-order valence-corrected chi connectivity index (χ1v) is 4.42. The normalized spacial score (nSPS) is 18.1. The molecule has 74 valence electrons. The van der Waals surface area contributed by atoms with Gasteiger partial charge in [-0.25, -0.2) is 4.68 Å². The summed E-state index contributed by atoms with van der Waals surface area (Å²) in [6, 6.07) is 0. The lowest BCUT2D eigenvalue weighted by Gasteiger charge is -2.28. The van der Waals surface area contributed by atoms with Crippen molar-refractivity contribution in [2.45, 2.75) is 26.3 Å². The van der Waals surface area contributed by atoms with Crippen LogP contribution >= 0.6 is 0 Å². The molecular formula is C9H12N4O. The van der Waals surface area contributed by atoms with Crippen LogP contribution in [0.5, 0.6) is 0 Å². The van der Waals surface area contributed by atoms with Gasteiger partial charge in [-0.1, -0.05) is 0 Å². The van der Waals surface area contributed by atoms with Crippen molar-refractivity contribution < 1.29 is 4.79 Å². The summed E-state index contributed by atoms with van der Waals surface area (Å²) in [7, 11) is 0. The lowest BCUT2D eigenvalue weighted by molar-refractivity contribution is 0.111. The van der Waals surface area contributed by atoms with Crippen molar-refractivity contribution in [2.75, 3.05) is 5.32 Å². The number of aldehydes is 1. The van der Waals surface area contributed by atoms with Crippen LogP contribution in [0.1, 0.15) is 31.4 Å². The summed E-state index contributed by atoms with van der Waals surface area (Å²) in [4.78, 5) is 14.6. The van der Waals surface area contributed by atoms with E-state index in [1.807, 2.05) is 26.8 Å². The highest BCUT2D eigenvalue weighted by atomic mass is 16.1. The van der Waals surface area contributed by atoms with E-state index >= 15 is 0 Å². The second-order valence-corrected chi connectivity index (χ2v) is 3.96. The minimum Gasteiger partial charge on any atom is -0.346 e. The summed E-state index contributed by atoms with van der Waals surface area (Å²) in [6.07, 6.45) is 2.69. The van der Waals surface area contributed by atoms with E-state index in [0.717, 1.165) is 5.70 Å². The van der Waals surface area contributed by atoms with Crippen molar-refractivity contribution in [2.24, 2.45) is 0 Å². The smallest absolute Gasteiger partial charge is 0.227 e. The van der Waals surface area contributed by atoms with Crippen LogP contribution in [0, 0.1) is 0 Å². The summed E-state index contributed by atoms with van der Waals surface area (Å²) in [6.45, 7) is 6.01. The molecule has 0 fully saturated rings. The van der Waals surface area contributed by atoms with Crippen LogP contribution in [0.25, 0.3) is 5.70 Å². The molecule has 0 unspecified atom stereocenters. The molecule has 1 aromatic rings. The number of hydrogen-bond donors (Lipinski definition) is 1. The van der Waals surface area contributed by atoms with E-state index in [-0.39, 0.29) is 11.4 Å². The topological polar surface area (TPSA) is 59.8 Å². The molecule has 0 saturated carbocycles. The van der Waals surface area contributed by atoms with Crippen molar-refractivity contribution in [3.05, 3.63) is 11.9 Å². The molecule has 0 aromatic carbocycles. The molecule has 1 aliphatic rings. The highest BCUT2D eigenvalue weighted by molar-refractivity contribution is 5.71. The number of anilines is 1.